The summed E-state index contributed by atoms with van der Waals surface area (Å²) in [7, 11) is 0. The van der Waals surface area contributed by atoms with Gasteiger partial charge in [0, 0.05) is 6.54 Å². The van der Waals surface area contributed by atoms with Crippen molar-refractivity contribution in [2.24, 2.45) is 0 Å². The van der Waals surface area contributed by atoms with Crippen LogP contribution < -0.4 is 14.8 Å². The first-order valence-electron chi connectivity index (χ1n) is 8.88. The second-order valence-corrected chi connectivity index (χ2v) is 5.75. The van der Waals surface area contributed by atoms with Crippen LogP contribution in [0.25, 0.3) is 6.08 Å². The van der Waals surface area contributed by atoms with Gasteiger partial charge in [0.1, 0.15) is 17.7 Å². The normalized spacial score (nSPS) is 10.5. The summed E-state index contributed by atoms with van der Waals surface area (Å²) in [5.74, 6) is 0.459. The van der Waals surface area contributed by atoms with Gasteiger partial charge in [0.25, 0.3) is 5.91 Å². The zero-order chi connectivity index (χ0) is 20.2. The van der Waals surface area contributed by atoms with Crippen molar-refractivity contribution in [2.45, 2.75) is 13.3 Å². The summed E-state index contributed by atoms with van der Waals surface area (Å²) < 4.78 is 10.8. The van der Waals surface area contributed by atoms with Crippen molar-refractivity contribution in [1.82, 2.24) is 5.32 Å². The van der Waals surface area contributed by atoms with Crippen LogP contribution in [-0.2, 0) is 11.2 Å². The van der Waals surface area contributed by atoms with E-state index in [1.54, 1.807) is 18.2 Å². The molecular formula is C22H21N3O3. The zero-order valence-electron chi connectivity index (χ0n) is 15.6. The van der Waals surface area contributed by atoms with E-state index in [1.807, 2.05) is 49.4 Å². The van der Waals surface area contributed by atoms with Gasteiger partial charge < -0.3 is 14.8 Å². The highest BCUT2D eigenvalue weighted by Crippen LogP contribution is 2.29. The van der Waals surface area contributed by atoms with E-state index in [-0.39, 0.29) is 12.2 Å². The molecule has 0 aromatic heterocycles. The summed E-state index contributed by atoms with van der Waals surface area (Å²) in [6.07, 6.45) is 2.18. The van der Waals surface area contributed by atoms with Gasteiger partial charge in [0.05, 0.1) is 6.61 Å². The van der Waals surface area contributed by atoms with Crippen LogP contribution in [0.15, 0.2) is 54.1 Å². The number of hydrogen-bond acceptors (Lipinski definition) is 5. The predicted molar refractivity (Wildman–Crippen MR) is 105 cm³/mol. The van der Waals surface area contributed by atoms with Crippen molar-refractivity contribution in [1.29, 1.82) is 10.5 Å². The molecule has 0 saturated heterocycles. The number of nitrogens with one attached hydrogen (secondary N) is 1. The molecule has 0 atom stereocenters. The molecule has 2 aromatic rings. The standard InChI is InChI=1S/C22H21N3O3/c1-2-27-21-15-18(8-9-20(21)28-13-11-23)14-19(16-24)22(26)25-12-10-17-6-4-3-5-7-17/h3-9,14-15H,2,10,12-13H2,1H3,(H,25,26)/b19-14+. The van der Waals surface area contributed by atoms with Gasteiger partial charge in [-0.15, -0.1) is 0 Å². The molecule has 6 heteroatoms. The zero-order valence-corrected chi connectivity index (χ0v) is 15.6. The molecule has 1 amide bonds. The van der Waals surface area contributed by atoms with Crippen LogP contribution in [0.2, 0.25) is 0 Å². The fourth-order valence-electron chi connectivity index (χ4n) is 2.49. The van der Waals surface area contributed by atoms with Crippen LogP contribution in [0.1, 0.15) is 18.1 Å². The van der Waals surface area contributed by atoms with Gasteiger partial charge in [-0.2, -0.15) is 10.5 Å². The first-order valence-corrected chi connectivity index (χ1v) is 8.88. The lowest BCUT2D eigenvalue weighted by Gasteiger charge is -2.11. The Balaban J connectivity index is 2.07. The van der Waals surface area contributed by atoms with E-state index in [0.717, 1.165) is 5.56 Å². The van der Waals surface area contributed by atoms with Crippen molar-refractivity contribution in [3.63, 3.8) is 0 Å². The molecule has 2 aromatic carbocycles. The average Bonchev–Trinajstić information content (AvgIpc) is 2.72. The lowest BCUT2D eigenvalue weighted by molar-refractivity contribution is -0.117. The maximum absolute atomic E-state index is 12.3. The summed E-state index contributed by atoms with van der Waals surface area (Å²) >= 11 is 0. The SMILES string of the molecule is CCOc1cc(/C=C(\C#N)C(=O)NCCc2ccccc2)ccc1OCC#N. The first-order chi connectivity index (χ1) is 13.7. The molecule has 0 radical (unpaired) electrons. The number of carbonyl (C=O) groups excluding carboxylic acids is 1. The summed E-state index contributed by atoms with van der Waals surface area (Å²) in [5, 5.41) is 20.8. The fourth-order valence-corrected chi connectivity index (χ4v) is 2.49. The van der Waals surface area contributed by atoms with Gasteiger partial charge in [-0.05, 0) is 42.7 Å². The topological polar surface area (TPSA) is 95.1 Å². The fraction of sp³-hybridized carbons (Fsp3) is 0.227. The van der Waals surface area contributed by atoms with E-state index < -0.39 is 5.91 Å². The van der Waals surface area contributed by atoms with E-state index >= 15 is 0 Å². The highest BCUT2D eigenvalue weighted by atomic mass is 16.5. The highest BCUT2D eigenvalue weighted by molar-refractivity contribution is 6.01. The minimum Gasteiger partial charge on any atom is -0.490 e. The van der Waals surface area contributed by atoms with Crippen LogP contribution >= 0.6 is 0 Å². The Morgan fingerprint density at radius 1 is 1.11 bits per heavy atom. The summed E-state index contributed by atoms with van der Waals surface area (Å²) in [6.45, 7) is 2.59. The monoisotopic (exact) mass is 375 g/mol. The Morgan fingerprint density at radius 2 is 1.89 bits per heavy atom. The lowest BCUT2D eigenvalue weighted by atomic mass is 10.1. The average molecular weight is 375 g/mol. The minimum atomic E-state index is -0.429. The lowest BCUT2D eigenvalue weighted by Crippen LogP contribution is -2.26. The molecule has 28 heavy (non-hydrogen) atoms. The van der Waals surface area contributed by atoms with E-state index in [9.17, 15) is 10.1 Å². The Hall–Kier alpha value is -3.77. The van der Waals surface area contributed by atoms with Crippen LogP contribution in [-0.4, -0.2) is 25.7 Å². The molecule has 0 aliphatic heterocycles. The Morgan fingerprint density at radius 3 is 2.57 bits per heavy atom. The van der Waals surface area contributed by atoms with Gasteiger partial charge in [0.2, 0.25) is 0 Å². The third-order valence-electron chi connectivity index (χ3n) is 3.78. The number of amides is 1. The van der Waals surface area contributed by atoms with Crippen molar-refractivity contribution in [3.05, 3.63) is 65.2 Å². The molecule has 0 spiro atoms. The maximum Gasteiger partial charge on any atom is 0.261 e. The van der Waals surface area contributed by atoms with E-state index in [0.29, 0.717) is 36.6 Å². The third-order valence-corrected chi connectivity index (χ3v) is 3.78. The van der Waals surface area contributed by atoms with Crippen molar-refractivity contribution in [2.75, 3.05) is 19.8 Å². The van der Waals surface area contributed by atoms with Crippen molar-refractivity contribution >= 4 is 12.0 Å². The molecule has 0 unspecified atom stereocenters. The highest BCUT2D eigenvalue weighted by Gasteiger charge is 2.11. The smallest absolute Gasteiger partial charge is 0.261 e. The summed E-state index contributed by atoms with van der Waals surface area (Å²) in [5.41, 5.74) is 1.74. The number of benzene rings is 2. The van der Waals surface area contributed by atoms with E-state index in [1.165, 1.54) is 6.08 Å². The first kappa shape index (κ1) is 20.5. The van der Waals surface area contributed by atoms with Crippen molar-refractivity contribution in [3.8, 4) is 23.6 Å². The van der Waals surface area contributed by atoms with Gasteiger partial charge in [-0.25, -0.2) is 0 Å². The number of ether oxygens (including phenoxy) is 2. The largest absolute Gasteiger partial charge is 0.490 e. The molecular weight excluding hydrogens is 354 g/mol. The number of nitrogens with zero attached hydrogens (tertiary/aromatic N) is 2. The second kappa shape index (κ2) is 11.1. The molecule has 0 saturated carbocycles. The maximum atomic E-state index is 12.3. The van der Waals surface area contributed by atoms with Crippen LogP contribution in [0.4, 0.5) is 0 Å². The number of hydrogen-bond donors (Lipinski definition) is 1. The Bertz CT molecular complexity index is 909. The predicted octanol–water partition coefficient (Wildman–Crippen LogP) is 3.25. The van der Waals surface area contributed by atoms with E-state index in [2.05, 4.69) is 5.32 Å². The van der Waals surface area contributed by atoms with E-state index in [4.69, 9.17) is 14.7 Å². The molecule has 0 bridgehead atoms. The molecule has 0 aliphatic carbocycles. The van der Waals surface area contributed by atoms with Crippen molar-refractivity contribution < 1.29 is 14.3 Å². The quantitative estimate of drug-likeness (QED) is 0.536. The van der Waals surface area contributed by atoms with Gasteiger partial charge in [-0.3, -0.25) is 4.79 Å². The third kappa shape index (κ3) is 6.19. The number of rotatable bonds is 9. The Labute approximate surface area is 164 Å². The molecule has 0 heterocycles. The molecule has 142 valence electrons. The molecule has 0 aliphatic rings. The Kier molecular flexibility index (Phi) is 8.11. The molecule has 1 N–H and O–H groups in total. The summed E-state index contributed by atoms with van der Waals surface area (Å²) in [6, 6.07) is 18.6. The van der Waals surface area contributed by atoms with Crippen LogP contribution in [0.5, 0.6) is 11.5 Å². The number of carbonyl (C=O) groups is 1. The van der Waals surface area contributed by atoms with Crippen LogP contribution in [0, 0.1) is 22.7 Å². The second-order valence-electron chi connectivity index (χ2n) is 5.75. The van der Waals surface area contributed by atoms with Gasteiger partial charge >= 0.3 is 0 Å². The minimum absolute atomic E-state index is 0.00111. The van der Waals surface area contributed by atoms with Gasteiger partial charge in [-0.1, -0.05) is 36.4 Å². The summed E-state index contributed by atoms with van der Waals surface area (Å²) in [4.78, 5) is 12.3. The van der Waals surface area contributed by atoms with Crippen LogP contribution in [0.3, 0.4) is 0 Å². The molecule has 6 nitrogen and oxygen atoms in total. The molecule has 0 fully saturated rings. The molecule has 2 rings (SSSR count). The van der Waals surface area contributed by atoms with Gasteiger partial charge in [0.15, 0.2) is 18.1 Å². The number of nitriles is 2.